The Hall–Kier alpha value is -0.530. The zero-order valence-corrected chi connectivity index (χ0v) is 9.30. The summed E-state index contributed by atoms with van der Waals surface area (Å²) in [5, 5.41) is 0. The Morgan fingerprint density at radius 2 is 1.92 bits per heavy atom. The second kappa shape index (κ2) is 6.93. The van der Waals surface area contributed by atoms with Gasteiger partial charge in [-0.15, -0.1) is 0 Å². The third kappa shape index (κ3) is 7.82. The fourth-order valence-electron chi connectivity index (χ4n) is 0.970. The molecule has 0 aromatic heterocycles. The summed E-state index contributed by atoms with van der Waals surface area (Å²) < 4.78 is 5.09. The molecule has 0 amide bonds. The van der Waals surface area contributed by atoms with Crippen molar-refractivity contribution in [1.29, 1.82) is 0 Å². The Bertz CT molecular complexity index is 141. The normalized spacial score (nSPS) is 13.0. The van der Waals surface area contributed by atoms with Crippen molar-refractivity contribution in [1.82, 2.24) is 0 Å². The summed E-state index contributed by atoms with van der Waals surface area (Å²) in [5.74, 6) is 1.00. The first-order chi connectivity index (χ1) is 6.06. The summed E-state index contributed by atoms with van der Waals surface area (Å²) >= 11 is 0. The average Bonchev–Trinajstić information content (AvgIpc) is 2.02. The van der Waals surface area contributed by atoms with E-state index < -0.39 is 0 Å². The molecular weight excluding hydrogens is 164 g/mol. The SMILES string of the molecule is CCC(C)CCOC(=O)CC(C)C. The van der Waals surface area contributed by atoms with Crippen LogP contribution in [-0.2, 0) is 9.53 Å². The lowest BCUT2D eigenvalue weighted by atomic mass is 10.1. The Balaban J connectivity index is 3.37. The fourth-order valence-corrected chi connectivity index (χ4v) is 0.970. The van der Waals surface area contributed by atoms with Crippen LogP contribution in [-0.4, -0.2) is 12.6 Å². The van der Waals surface area contributed by atoms with E-state index in [9.17, 15) is 4.79 Å². The van der Waals surface area contributed by atoms with Crippen molar-refractivity contribution in [2.45, 2.75) is 47.0 Å². The minimum atomic E-state index is -0.0571. The van der Waals surface area contributed by atoms with E-state index in [1.807, 2.05) is 13.8 Å². The van der Waals surface area contributed by atoms with Gasteiger partial charge in [0.25, 0.3) is 0 Å². The van der Waals surface area contributed by atoms with Gasteiger partial charge in [-0.25, -0.2) is 0 Å². The zero-order valence-electron chi connectivity index (χ0n) is 9.30. The highest BCUT2D eigenvalue weighted by atomic mass is 16.5. The number of ether oxygens (including phenoxy) is 1. The standard InChI is InChI=1S/C11H22O2/c1-5-10(4)6-7-13-11(12)8-9(2)3/h9-10H,5-8H2,1-4H3. The maximum absolute atomic E-state index is 11.1. The molecule has 0 fully saturated rings. The molecule has 2 heteroatoms. The molecule has 0 heterocycles. The largest absolute Gasteiger partial charge is 0.466 e. The first-order valence-electron chi connectivity index (χ1n) is 5.21. The lowest BCUT2D eigenvalue weighted by Gasteiger charge is -2.09. The van der Waals surface area contributed by atoms with E-state index in [1.54, 1.807) is 0 Å². The Labute approximate surface area is 81.7 Å². The summed E-state index contributed by atoms with van der Waals surface area (Å²) in [7, 11) is 0. The van der Waals surface area contributed by atoms with Gasteiger partial charge in [0.05, 0.1) is 6.61 Å². The molecule has 0 radical (unpaired) electrons. The number of carbonyl (C=O) groups is 1. The topological polar surface area (TPSA) is 26.3 Å². The highest BCUT2D eigenvalue weighted by Gasteiger charge is 2.06. The summed E-state index contributed by atoms with van der Waals surface area (Å²) in [6.45, 7) is 8.96. The van der Waals surface area contributed by atoms with Gasteiger partial charge in [-0.05, 0) is 18.3 Å². The molecule has 0 aliphatic heterocycles. The molecule has 1 atom stereocenters. The molecule has 0 N–H and O–H groups in total. The van der Waals surface area contributed by atoms with Crippen molar-refractivity contribution >= 4 is 5.97 Å². The third-order valence-electron chi connectivity index (χ3n) is 2.15. The Kier molecular flexibility index (Phi) is 6.65. The fraction of sp³-hybridized carbons (Fsp3) is 0.909. The van der Waals surface area contributed by atoms with E-state index >= 15 is 0 Å². The molecule has 0 bridgehead atoms. The monoisotopic (exact) mass is 186 g/mol. The first-order valence-corrected chi connectivity index (χ1v) is 5.21. The molecule has 0 aromatic carbocycles. The second-order valence-electron chi connectivity index (χ2n) is 4.12. The lowest BCUT2D eigenvalue weighted by Crippen LogP contribution is -2.10. The third-order valence-corrected chi connectivity index (χ3v) is 2.15. The summed E-state index contributed by atoms with van der Waals surface area (Å²) in [5.41, 5.74) is 0. The van der Waals surface area contributed by atoms with Crippen LogP contribution in [0.4, 0.5) is 0 Å². The van der Waals surface area contributed by atoms with E-state index in [0.717, 1.165) is 12.8 Å². The van der Waals surface area contributed by atoms with Gasteiger partial charge < -0.3 is 4.74 Å². The van der Waals surface area contributed by atoms with Crippen LogP contribution in [0, 0.1) is 11.8 Å². The molecule has 0 rings (SSSR count). The van der Waals surface area contributed by atoms with Gasteiger partial charge in [-0.3, -0.25) is 4.79 Å². The van der Waals surface area contributed by atoms with Crippen molar-refractivity contribution in [2.75, 3.05) is 6.61 Å². The van der Waals surface area contributed by atoms with E-state index in [0.29, 0.717) is 24.9 Å². The maximum Gasteiger partial charge on any atom is 0.306 e. The molecule has 0 saturated heterocycles. The van der Waals surface area contributed by atoms with Gasteiger partial charge >= 0.3 is 5.97 Å². The van der Waals surface area contributed by atoms with Gasteiger partial charge in [-0.1, -0.05) is 34.1 Å². The second-order valence-corrected chi connectivity index (χ2v) is 4.12. The number of carbonyl (C=O) groups excluding carboxylic acids is 1. The predicted octanol–water partition coefficient (Wildman–Crippen LogP) is 3.01. The molecule has 0 aliphatic rings. The highest BCUT2D eigenvalue weighted by Crippen LogP contribution is 2.07. The van der Waals surface area contributed by atoms with Gasteiger partial charge in [-0.2, -0.15) is 0 Å². The summed E-state index contributed by atoms with van der Waals surface area (Å²) in [6, 6.07) is 0. The molecule has 0 aromatic rings. The van der Waals surface area contributed by atoms with Crippen molar-refractivity contribution in [3.8, 4) is 0 Å². The smallest absolute Gasteiger partial charge is 0.306 e. The molecule has 2 nitrogen and oxygen atoms in total. The van der Waals surface area contributed by atoms with Crippen LogP contribution in [0.1, 0.15) is 47.0 Å². The first kappa shape index (κ1) is 12.5. The van der Waals surface area contributed by atoms with Crippen LogP contribution in [0.25, 0.3) is 0 Å². The average molecular weight is 186 g/mol. The minimum absolute atomic E-state index is 0.0571. The van der Waals surface area contributed by atoms with Crippen LogP contribution >= 0.6 is 0 Å². The number of esters is 1. The molecule has 0 saturated carbocycles. The van der Waals surface area contributed by atoms with Crippen LogP contribution in [0.5, 0.6) is 0 Å². The minimum Gasteiger partial charge on any atom is -0.466 e. The molecular formula is C11H22O2. The number of hydrogen-bond donors (Lipinski definition) is 0. The summed E-state index contributed by atoms with van der Waals surface area (Å²) in [4.78, 5) is 11.1. The summed E-state index contributed by atoms with van der Waals surface area (Å²) in [6.07, 6.45) is 2.68. The maximum atomic E-state index is 11.1. The van der Waals surface area contributed by atoms with Crippen molar-refractivity contribution < 1.29 is 9.53 Å². The quantitative estimate of drug-likeness (QED) is 0.596. The number of hydrogen-bond acceptors (Lipinski definition) is 2. The van der Waals surface area contributed by atoms with Crippen molar-refractivity contribution in [3.05, 3.63) is 0 Å². The molecule has 0 aliphatic carbocycles. The Morgan fingerprint density at radius 3 is 2.38 bits per heavy atom. The molecule has 0 spiro atoms. The van der Waals surface area contributed by atoms with Gasteiger partial charge in [0.1, 0.15) is 0 Å². The van der Waals surface area contributed by atoms with E-state index in [1.165, 1.54) is 0 Å². The van der Waals surface area contributed by atoms with Gasteiger partial charge in [0.2, 0.25) is 0 Å². The molecule has 13 heavy (non-hydrogen) atoms. The van der Waals surface area contributed by atoms with E-state index in [-0.39, 0.29) is 5.97 Å². The van der Waals surface area contributed by atoms with E-state index in [2.05, 4.69) is 13.8 Å². The Morgan fingerprint density at radius 1 is 1.31 bits per heavy atom. The van der Waals surface area contributed by atoms with Crippen LogP contribution in [0.2, 0.25) is 0 Å². The van der Waals surface area contributed by atoms with Crippen LogP contribution < -0.4 is 0 Å². The molecule has 78 valence electrons. The zero-order chi connectivity index (χ0) is 10.3. The van der Waals surface area contributed by atoms with Crippen molar-refractivity contribution in [2.24, 2.45) is 11.8 Å². The van der Waals surface area contributed by atoms with Crippen molar-refractivity contribution in [3.63, 3.8) is 0 Å². The number of rotatable bonds is 6. The van der Waals surface area contributed by atoms with Crippen LogP contribution in [0.15, 0.2) is 0 Å². The van der Waals surface area contributed by atoms with E-state index in [4.69, 9.17) is 4.74 Å². The lowest BCUT2D eigenvalue weighted by molar-refractivity contribution is -0.144. The van der Waals surface area contributed by atoms with Crippen LogP contribution in [0.3, 0.4) is 0 Å². The van der Waals surface area contributed by atoms with Gasteiger partial charge in [0, 0.05) is 6.42 Å². The highest BCUT2D eigenvalue weighted by molar-refractivity contribution is 5.69. The molecule has 1 unspecified atom stereocenters. The predicted molar refractivity (Wildman–Crippen MR) is 54.5 cm³/mol. The van der Waals surface area contributed by atoms with Gasteiger partial charge in [0.15, 0.2) is 0 Å².